The molecule has 40 heavy (non-hydrogen) atoms. The SMILES string of the molecule is CS(=O)(=O)CCNCc1nc(-c2ccc3c(c2)C(N)(C2=CC=CC(F)(Br)C2OCc2ccccc2)N=CN3)cs1. The number of alkyl halides is 2. The van der Waals surface area contributed by atoms with Gasteiger partial charge in [0.15, 0.2) is 5.66 Å². The molecule has 210 valence electrons. The zero-order valence-electron chi connectivity index (χ0n) is 21.7. The minimum Gasteiger partial charge on any atom is -0.364 e. The van der Waals surface area contributed by atoms with Crippen LogP contribution in [-0.2, 0) is 33.4 Å². The number of nitrogens with two attached hydrogens (primary N) is 1. The van der Waals surface area contributed by atoms with Crippen LogP contribution in [0.5, 0.6) is 0 Å². The summed E-state index contributed by atoms with van der Waals surface area (Å²) in [6.07, 6.45) is 6.47. The first-order chi connectivity index (χ1) is 19.1. The Morgan fingerprint density at radius 2 is 2.05 bits per heavy atom. The highest BCUT2D eigenvalue weighted by molar-refractivity contribution is 9.10. The second-order valence-electron chi connectivity index (χ2n) is 9.69. The average molecular weight is 647 g/mol. The predicted molar refractivity (Wildman–Crippen MR) is 162 cm³/mol. The number of fused-ring (bicyclic) bond motifs is 1. The summed E-state index contributed by atoms with van der Waals surface area (Å²) < 4.78 is 42.7. The smallest absolute Gasteiger partial charge is 0.213 e. The summed E-state index contributed by atoms with van der Waals surface area (Å²) in [5.41, 5.74) is 9.96. The molecule has 0 bridgehead atoms. The molecule has 0 spiro atoms. The van der Waals surface area contributed by atoms with E-state index in [-0.39, 0.29) is 12.4 Å². The van der Waals surface area contributed by atoms with Crippen molar-refractivity contribution in [1.82, 2.24) is 10.3 Å². The Hall–Kier alpha value is -2.74. The molecule has 1 aliphatic heterocycles. The van der Waals surface area contributed by atoms with E-state index in [9.17, 15) is 8.42 Å². The molecule has 3 unspecified atom stereocenters. The zero-order valence-corrected chi connectivity index (χ0v) is 24.9. The summed E-state index contributed by atoms with van der Waals surface area (Å²) in [5, 5.41) is 9.02. The van der Waals surface area contributed by atoms with E-state index in [4.69, 9.17) is 15.5 Å². The van der Waals surface area contributed by atoms with Gasteiger partial charge in [-0.2, -0.15) is 0 Å². The number of nitrogens with one attached hydrogen (secondary N) is 2. The fraction of sp³-hybridized carbons (Fsp3) is 0.286. The van der Waals surface area contributed by atoms with Crippen molar-refractivity contribution in [1.29, 1.82) is 0 Å². The zero-order chi connectivity index (χ0) is 28.4. The highest BCUT2D eigenvalue weighted by Crippen LogP contribution is 2.46. The summed E-state index contributed by atoms with van der Waals surface area (Å²) >= 11 is 4.68. The average Bonchev–Trinajstić information content (AvgIpc) is 3.39. The Kier molecular flexibility index (Phi) is 8.37. The molecule has 3 atom stereocenters. The molecule has 0 fully saturated rings. The van der Waals surface area contributed by atoms with Crippen molar-refractivity contribution in [2.45, 2.75) is 29.5 Å². The van der Waals surface area contributed by atoms with Crippen LogP contribution < -0.4 is 16.4 Å². The molecule has 0 saturated heterocycles. The Morgan fingerprint density at radius 1 is 1.25 bits per heavy atom. The van der Waals surface area contributed by atoms with Crippen molar-refractivity contribution in [3.63, 3.8) is 0 Å². The Bertz CT molecular complexity index is 1570. The van der Waals surface area contributed by atoms with Crippen LogP contribution in [0.2, 0.25) is 0 Å². The maximum Gasteiger partial charge on any atom is 0.213 e. The van der Waals surface area contributed by atoms with E-state index in [0.29, 0.717) is 24.2 Å². The third-order valence-corrected chi connectivity index (χ3v) is 9.09. The number of rotatable bonds is 10. The number of ether oxygens (including phenoxy) is 1. The molecule has 0 amide bonds. The lowest BCUT2D eigenvalue weighted by Crippen LogP contribution is -2.49. The van der Waals surface area contributed by atoms with Crippen molar-refractivity contribution in [3.05, 3.63) is 93.8 Å². The second kappa shape index (κ2) is 11.6. The molecule has 0 radical (unpaired) electrons. The molecule has 1 aliphatic carbocycles. The predicted octanol–water partition coefficient (Wildman–Crippen LogP) is 4.65. The molecule has 0 saturated carbocycles. The van der Waals surface area contributed by atoms with Crippen LogP contribution in [0.4, 0.5) is 10.1 Å². The number of hydrogen-bond donors (Lipinski definition) is 3. The highest BCUT2D eigenvalue weighted by atomic mass is 79.9. The number of anilines is 1. The fourth-order valence-electron chi connectivity index (χ4n) is 4.57. The van der Waals surface area contributed by atoms with Crippen LogP contribution in [-0.4, -0.2) is 49.0 Å². The van der Waals surface area contributed by atoms with Crippen molar-refractivity contribution in [3.8, 4) is 11.3 Å². The first-order valence-corrected chi connectivity index (χ1v) is 16.3. The number of aliphatic imine (C=N–C) groups is 1. The van der Waals surface area contributed by atoms with Gasteiger partial charge in [0.2, 0.25) is 4.58 Å². The van der Waals surface area contributed by atoms with Gasteiger partial charge in [0.25, 0.3) is 0 Å². The summed E-state index contributed by atoms with van der Waals surface area (Å²) in [6, 6.07) is 15.3. The molecule has 12 heteroatoms. The van der Waals surface area contributed by atoms with Gasteiger partial charge in [-0.1, -0.05) is 48.6 Å². The largest absolute Gasteiger partial charge is 0.364 e. The summed E-state index contributed by atoms with van der Waals surface area (Å²) in [7, 11) is -3.03. The van der Waals surface area contributed by atoms with E-state index in [2.05, 4.69) is 31.6 Å². The minimum atomic E-state index is -3.03. The van der Waals surface area contributed by atoms with Gasteiger partial charge in [0.05, 0.1) is 24.4 Å². The van der Waals surface area contributed by atoms with Crippen LogP contribution in [0.3, 0.4) is 0 Å². The third kappa shape index (κ3) is 6.42. The van der Waals surface area contributed by atoms with E-state index in [0.717, 1.165) is 27.5 Å². The van der Waals surface area contributed by atoms with Gasteiger partial charge in [-0.05, 0) is 39.7 Å². The van der Waals surface area contributed by atoms with Crippen molar-refractivity contribution in [2.24, 2.45) is 10.7 Å². The van der Waals surface area contributed by atoms with E-state index >= 15 is 4.39 Å². The Balaban J connectivity index is 1.41. The van der Waals surface area contributed by atoms with Gasteiger partial charge in [-0.3, -0.25) is 5.73 Å². The maximum atomic E-state index is 15.8. The van der Waals surface area contributed by atoms with Crippen LogP contribution in [0.1, 0.15) is 16.1 Å². The number of hydrogen-bond acceptors (Lipinski definition) is 9. The van der Waals surface area contributed by atoms with E-state index in [1.54, 1.807) is 12.2 Å². The van der Waals surface area contributed by atoms with Gasteiger partial charge in [-0.25, -0.2) is 22.8 Å². The second-order valence-corrected chi connectivity index (χ2v) is 14.1. The molecule has 2 aliphatic rings. The van der Waals surface area contributed by atoms with Crippen LogP contribution in [0.15, 0.2) is 82.7 Å². The number of aromatic nitrogens is 1. The standard InChI is InChI=1S/C28H29BrFN5O3S2/c1-40(36,37)13-12-32-15-25-35-24(17-39-25)20-9-10-23-22(14-20)28(31,34-18-33-23)21-8-5-11-27(29,30)26(21)38-16-19-6-3-2-4-7-19/h2-11,14,17-18,26,32H,12-13,15-16,31H2,1H3,(H,33,34). The lowest BCUT2D eigenvalue weighted by atomic mass is 9.82. The third-order valence-electron chi connectivity index (χ3n) is 6.62. The van der Waals surface area contributed by atoms with Gasteiger partial charge in [0.1, 0.15) is 20.9 Å². The van der Waals surface area contributed by atoms with Crippen LogP contribution in [0.25, 0.3) is 11.3 Å². The van der Waals surface area contributed by atoms with E-state index < -0.39 is 26.2 Å². The summed E-state index contributed by atoms with van der Waals surface area (Å²) in [5.74, 6) is 0.0673. The first kappa shape index (κ1) is 28.8. The quantitative estimate of drug-likeness (QED) is 0.217. The highest BCUT2D eigenvalue weighted by Gasteiger charge is 2.48. The monoisotopic (exact) mass is 645 g/mol. The lowest BCUT2D eigenvalue weighted by Gasteiger charge is -2.40. The van der Waals surface area contributed by atoms with Gasteiger partial charge >= 0.3 is 0 Å². The van der Waals surface area contributed by atoms with Crippen LogP contribution in [0, 0.1) is 0 Å². The molecular weight excluding hydrogens is 617 g/mol. The molecule has 2 heterocycles. The number of thiazole rings is 1. The number of sulfone groups is 1. The maximum absolute atomic E-state index is 15.8. The molecule has 4 N–H and O–H groups in total. The van der Waals surface area contributed by atoms with E-state index in [1.807, 2.05) is 53.9 Å². The van der Waals surface area contributed by atoms with Gasteiger partial charge in [0, 0.05) is 47.1 Å². The normalized spacial score (nSPS) is 23.9. The molecule has 3 aromatic rings. The Labute approximate surface area is 245 Å². The summed E-state index contributed by atoms with van der Waals surface area (Å²) in [4.78, 5) is 9.32. The van der Waals surface area contributed by atoms with Gasteiger partial charge < -0.3 is 15.4 Å². The molecule has 1 aromatic heterocycles. The number of benzene rings is 2. The number of nitrogens with zero attached hydrogens (tertiary/aromatic N) is 2. The fourth-order valence-corrected chi connectivity index (χ4v) is 6.39. The minimum absolute atomic E-state index is 0.0673. The number of allylic oxidation sites excluding steroid dienone is 2. The molecule has 5 rings (SSSR count). The lowest BCUT2D eigenvalue weighted by molar-refractivity contribution is 0.00693. The van der Waals surface area contributed by atoms with E-state index in [1.165, 1.54) is 30.0 Å². The molecule has 8 nitrogen and oxygen atoms in total. The summed E-state index contributed by atoms with van der Waals surface area (Å²) in [6.45, 7) is 1.01. The van der Waals surface area contributed by atoms with Crippen molar-refractivity contribution in [2.75, 3.05) is 23.9 Å². The number of halogens is 2. The van der Waals surface area contributed by atoms with Crippen molar-refractivity contribution >= 4 is 49.1 Å². The topological polar surface area (TPSA) is 119 Å². The molecular formula is C28H29BrFN5O3S2. The Morgan fingerprint density at radius 3 is 2.83 bits per heavy atom. The van der Waals surface area contributed by atoms with Crippen LogP contribution >= 0.6 is 27.3 Å². The molecule has 2 aromatic carbocycles. The van der Waals surface area contributed by atoms with Crippen molar-refractivity contribution < 1.29 is 17.5 Å². The van der Waals surface area contributed by atoms with Gasteiger partial charge in [-0.15, -0.1) is 11.3 Å². The first-order valence-electron chi connectivity index (χ1n) is 12.6.